The summed E-state index contributed by atoms with van der Waals surface area (Å²) in [6.45, 7) is 5.74. The molecule has 0 saturated heterocycles. The van der Waals surface area contributed by atoms with Gasteiger partial charge in [-0.3, -0.25) is 0 Å². The number of alkyl halides is 1. The maximum absolute atomic E-state index is 6.04. The third-order valence-corrected chi connectivity index (χ3v) is 4.19. The molecule has 22 heavy (non-hydrogen) atoms. The Hall–Kier alpha value is -1.22. The van der Waals surface area contributed by atoms with Crippen molar-refractivity contribution in [2.45, 2.75) is 39.5 Å². The lowest BCUT2D eigenvalue weighted by atomic mass is 10.0. The summed E-state index contributed by atoms with van der Waals surface area (Å²) in [7, 11) is 0. The second-order valence-electron chi connectivity index (χ2n) is 5.51. The average Bonchev–Trinajstić information content (AvgIpc) is 2.54. The molecule has 0 aliphatic carbocycles. The van der Waals surface area contributed by atoms with Crippen LogP contribution in [-0.4, -0.2) is 18.5 Å². The smallest absolute Gasteiger partial charge is 0.130 e. The molecule has 0 unspecified atom stereocenters. The van der Waals surface area contributed by atoms with Gasteiger partial charge in [-0.1, -0.05) is 47.1 Å². The fourth-order valence-corrected chi connectivity index (χ4v) is 2.92. The molecule has 0 radical (unpaired) electrons. The molecular formula is C19H25BrO2. The third-order valence-electron chi connectivity index (χ3n) is 3.63. The maximum atomic E-state index is 6.04. The van der Waals surface area contributed by atoms with Crippen LogP contribution in [0.2, 0.25) is 0 Å². The van der Waals surface area contributed by atoms with Crippen molar-refractivity contribution in [1.82, 2.24) is 0 Å². The molecule has 0 atom stereocenters. The number of hydrogen-bond acceptors (Lipinski definition) is 2. The standard InChI is InChI=1S/C19H25BrO2/c1-3-12-22-19-15(2)14-18(21-13-8-4-7-11-20)16-9-5-6-10-17(16)19/h5-6,9-10,14H,3-4,7-8,11-13H2,1-2H3. The Bertz CT molecular complexity index is 595. The molecule has 0 aliphatic rings. The van der Waals surface area contributed by atoms with E-state index in [1.807, 2.05) is 0 Å². The first kappa shape index (κ1) is 17.1. The first-order chi connectivity index (χ1) is 10.8. The highest BCUT2D eigenvalue weighted by molar-refractivity contribution is 9.09. The molecular weight excluding hydrogens is 340 g/mol. The molecule has 0 aliphatic heterocycles. The van der Waals surface area contributed by atoms with Crippen LogP contribution in [0, 0.1) is 6.92 Å². The van der Waals surface area contributed by atoms with Crippen LogP contribution in [0.3, 0.4) is 0 Å². The first-order valence-electron chi connectivity index (χ1n) is 8.11. The maximum Gasteiger partial charge on any atom is 0.130 e. The van der Waals surface area contributed by atoms with Gasteiger partial charge < -0.3 is 9.47 Å². The van der Waals surface area contributed by atoms with Crippen LogP contribution in [0.15, 0.2) is 30.3 Å². The molecule has 3 heteroatoms. The van der Waals surface area contributed by atoms with Crippen LogP contribution in [0.1, 0.15) is 38.2 Å². The SMILES string of the molecule is CCCOc1c(C)cc(OCCCCCBr)c2ccccc12. The van der Waals surface area contributed by atoms with Gasteiger partial charge in [-0.25, -0.2) is 0 Å². The zero-order chi connectivity index (χ0) is 15.8. The molecule has 0 bridgehead atoms. The van der Waals surface area contributed by atoms with Gasteiger partial charge in [-0.2, -0.15) is 0 Å². The molecule has 0 amide bonds. The van der Waals surface area contributed by atoms with E-state index in [9.17, 15) is 0 Å². The van der Waals surface area contributed by atoms with Crippen molar-refractivity contribution in [3.8, 4) is 11.5 Å². The average molecular weight is 365 g/mol. The van der Waals surface area contributed by atoms with Gasteiger partial charge in [0.15, 0.2) is 0 Å². The predicted molar refractivity (Wildman–Crippen MR) is 97.6 cm³/mol. The van der Waals surface area contributed by atoms with Gasteiger partial charge in [0.2, 0.25) is 0 Å². The summed E-state index contributed by atoms with van der Waals surface area (Å²) in [6.07, 6.45) is 4.50. The van der Waals surface area contributed by atoms with Crippen molar-refractivity contribution in [3.63, 3.8) is 0 Å². The van der Waals surface area contributed by atoms with Crippen molar-refractivity contribution >= 4 is 26.7 Å². The number of hydrogen-bond donors (Lipinski definition) is 0. The Morgan fingerprint density at radius 1 is 0.955 bits per heavy atom. The number of aryl methyl sites for hydroxylation is 1. The van der Waals surface area contributed by atoms with Gasteiger partial charge in [0, 0.05) is 16.1 Å². The summed E-state index contributed by atoms with van der Waals surface area (Å²) in [5.74, 6) is 1.96. The highest BCUT2D eigenvalue weighted by Gasteiger charge is 2.11. The minimum atomic E-state index is 0.748. The van der Waals surface area contributed by atoms with Gasteiger partial charge in [-0.15, -0.1) is 0 Å². The molecule has 0 heterocycles. The molecule has 2 nitrogen and oxygen atoms in total. The van der Waals surface area contributed by atoms with E-state index in [-0.39, 0.29) is 0 Å². The number of halogens is 1. The first-order valence-corrected chi connectivity index (χ1v) is 9.24. The quantitative estimate of drug-likeness (QED) is 0.408. The predicted octanol–water partition coefficient (Wildman–Crippen LogP) is 5.88. The Morgan fingerprint density at radius 2 is 1.73 bits per heavy atom. The van der Waals surface area contributed by atoms with E-state index in [4.69, 9.17) is 9.47 Å². The van der Waals surface area contributed by atoms with E-state index in [1.54, 1.807) is 0 Å². The molecule has 0 fully saturated rings. The summed E-state index contributed by atoms with van der Waals surface area (Å²) >= 11 is 3.46. The number of benzene rings is 2. The fraction of sp³-hybridized carbons (Fsp3) is 0.474. The molecule has 2 aromatic rings. The zero-order valence-corrected chi connectivity index (χ0v) is 15.1. The van der Waals surface area contributed by atoms with Gasteiger partial charge in [0.1, 0.15) is 11.5 Å². The topological polar surface area (TPSA) is 18.5 Å². The zero-order valence-electron chi connectivity index (χ0n) is 13.5. The summed E-state index contributed by atoms with van der Waals surface area (Å²) in [5, 5.41) is 3.35. The van der Waals surface area contributed by atoms with Crippen molar-refractivity contribution < 1.29 is 9.47 Å². The van der Waals surface area contributed by atoms with Crippen molar-refractivity contribution in [1.29, 1.82) is 0 Å². The highest BCUT2D eigenvalue weighted by atomic mass is 79.9. The number of rotatable bonds is 9. The van der Waals surface area contributed by atoms with Crippen molar-refractivity contribution in [3.05, 3.63) is 35.9 Å². The summed E-state index contributed by atoms with van der Waals surface area (Å²) in [4.78, 5) is 0. The fourth-order valence-electron chi connectivity index (χ4n) is 2.52. The summed E-state index contributed by atoms with van der Waals surface area (Å²) < 4.78 is 12.0. The van der Waals surface area contributed by atoms with Crippen molar-refractivity contribution in [2.75, 3.05) is 18.5 Å². The van der Waals surface area contributed by atoms with E-state index < -0.39 is 0 Å². The Labute approximate surface area is 141 Å². The molecule has 0 spiro atoms. The highest BCUT2D eigenvalue weighted by Crippen LogP contribution is 2.36. The molecule has 0 aromatic heterocycles. The van der Waals surface area contributed by atoms with Gasteiger partial charge >= 0.3 is 0 Å². The van der Waals surface area contributed by atoms with Crippen molar-refractivity contribution in [2.24, 2.45) is 0 Å². The van der Waals surface area contributed by atoms with E-state index in [2.05, 4.69) is 60.1 Å². The van der Waals surface area contributed by atoms with E-state index in [0.29, 0.717) is 0 Å². The van der Waals surface area contributed by atoms with Crippen LogP contribution in [0.4, 0.5) is 0 Å². The van der Waals surface area contributed by atoms with Crippen LogP contribution in [0.5, 0.6) is 11.5 Å². The molecule has 0 N–H and O–H groups in total. The molecule has 0 saturated carbocycles. The normalized spacial score (nSPS) is 10.9. The van der Waals surface area contributed by atoms with Gasteiger partial charge in [-0.05, 0) is 44.2 Å². The van der Waals surface area contributed by atoms with E-state index in [1.165, 1.54) is 12.8 Å². The largest absolute Gasteiger partial charge is 0.493 e. The molecule has 2 rings (SSSR count). The van der Waals surface area contributed by atoms with Crippen LogP contribution in [-0.2, 0) is 0 Å². The lowest BCUT2D eigenvalue weighted by molar-refractivity contribution is 0.306. The van der Waals surface area contributed by atoms with Gasteiger partial charge in [0.25, 0.3) is 0 Å². The summed E-state index contributed by atoms with van der Waals surface area (Å²) in [5.41, 5.74) is 1.14. The Balaban J connectivity index is 2.20. The minimum absolute atomic E-state index is 0.748. The number of ether oxygens (including phenoxy) is 2. The lowest BCUT2D eigenvalue weighted by Gasteiger charge is -2.16. The second kappa shape index (κ2) is 9.04. The molecule has 2 aromatic carbocycles. The van der Waals surface area contributed by atoms with Crippen LogP contribution in [0.25, 0.3) is 10.8 Å². The number of unbranched alkanes of at least 4 members (excludes halogenated alkanes) is 2. The van der Waals surface area contributed by atoms with Gasteiger partial charge in [0.05, 0.1) is 13.2 Å². The number of fused-ring (bicyclic) bond motifs is 1. The van der Waals surface area contributed by atoms with E-state index >= 15 is 0 Å². The van der Waals surface area contributed by atoms with Crippen LogP contribution >= 0.6 is 15.9 Å². The van der Waals surface area contributed by atoms with Crippen LogP contribution < -0.4 is 9.47 Å². The monoisotopic (exact) mass is 364 g/mol. The Morgan fingerprint density at radius 3 is 2.45 bits per heavy atom. The minimum Gasteiger partial charge on any atom is -0.493 e. The van der Waals surface area contributed by atoms with E-state index in [0.717, 1.165) is 59.2 Å². The third kappa shape index (κ3) is 4.39. The summed E-state index contributed by atoms with van der Waals surface area (Å²) in [6, 6.07) is 10.4. The molecule has 120 valence electrons. The Kier molecular flexibility index (Phi) is 7.04. The lowest BCUT2D eigenvalue weighted by Crippen LogP contribution is -2.01. The second-order valence-corrected chi connectivity index (χ2v) is 6.31.